The molecule has 0 unspecified atom stereocenters. The van der Waals surface area contributed by atoms with Crippen molar-refractivity contribution in [2.45, 2.75) is 45.3 Å². The summed E-state index contributed by atoms with van der Waals surface area (Å²) in [5.74, 6) is -2.35. The molecule has 32 heavy (non-hydrogen) atoms. The molecular weight excluding hydrogens is 454 g/mol. The van der Waals surface area contributed by atoms with Crippen LogP contribution in [-0.4, -0.2) is 52.2 Å². The zero-order valence-electron chi connectivity index (χ0n) is 18.0. The lowest BCUT2D eigenvalue weighted by Crippen LogP contribution is -2.57. The van der Waals surface area contributed by atoms with E-state index in [0.29, 0.717) is 12.0 Å². The molecule has 0 bridgehead atoms. The Morgan fingerprint density at radius 1 is 1.03 bits per heavy atom. The molecule has 2 aromatic rings. The first-order chi connectivity index (χ1) is 15.0. The highest BCUT2D eigenvalue weighted by Crippen LogP contribution is 2.34. The maximum atomic E-state index is 13.0. The molecule has 3 atom stereocenters. The van der Waals surface area contributed by atoms with Crippen molar-refractivity contribution < 1.29 is 24.7 Å². The number of amides is 2. The average molecular weight is 481 g/mol. The Morgan fingerprint density at radius 3 is 2.19 bits per heavy atom. The minimum absolute atomic E-state index is 0.0393. The second kappa shape index (κ2) is 11.7. The van der Waals surface area contributed by atoms with Gasteiger partial charge in [0.15, 0.2) is 0 Å². The molecular formula is C22H27BCl2N2O5. The summed E-state index contributed by atoms with van der Waals surface area (Å²) >= 11 is 12.7. The van der Waals surface area contributed by atoms with Crippen LogP contribution in [0.1, 0.15) is 37.6 Å². The van der Waals surface area contributed by atoms with Crippen LogP contribution in [0.25, 0.3) is 11.1 Å². The topological polar surface area (TPSA) is 119 Å². The first-order valence-electron chi connectivity index (χ1n) is 10.2. The highest BCUT2D eigenvalue weighted by Gasteiger charge is 2.32. The Bertz CT molecular complexity index is 941. The number of benzene rings is 2. The number of halogens is 2. The molecule has 0 saturated carbocycles. The summed E-state index contributed by atoms with van der Waals surface area (Å²) < 4.78 is 0. The number of carbonyl (C=O) groups is 2. The predicted molar refractivity (Wildman–Crippen MR) is 126 cm³/mol. The van der Waals surface area contributed by atoms with Gasteiger partial charge in [0.2, 0.25) is 5.91 Å². The van der Waals surface area contributed by atoms with Gasteiger partial charge in [0.05, 0.1) is 22.6 Å². The van der Waals surface area contributed by atoms with Crippen molar-refractivity contribution in [3.63, 3.8) is 0 Å². The summed E-state index contributed by atoms with van der Waals surface area (Å²) in [6.07, 6.45) is -0.967. The number of hydrogen-bond donors (Lipinski definition) is 5. The van der Waals surface area contributed by atoms with Crippen LogP contribution in [0.5, 0.6) is 0 Å². The Balaban J connectivity index is 2.28. The lowest BCUT2D eigenvalue weighted by Gasteiger charge is -2.25. The maximum Gasteiger partial charge on any atom is 0.475 e. The number of carbonyl (C=O) groups excluding carboxylic acids is 2. The van der Waals surface area contributed by atoms with Crippen LogP contribution in [0.3, 0.4) is 0 Å². The molecule has 0 aliphatic rings. The quantitative estimate of drug-likeness (QED) is 0.353. The molecule has 0 spiro atoms. The van der Waals surface area contributed by atoms with E-state index < -0.39 is 37.0 Å². The van der Waals surface area contributed by atoms with Crippen molar-refractivity contribution in [2.75, 3.05) is 0 Å². The van der Waals surface area contributed by atoms with Crippen LogP contribution in [0, 0.1) is 5.92 Å². The zero-order chi connectivity index (χ0) is 24.0. The highest BCUT2D eigenvalue weighted by molar-refractivity contribution is 6.43. The zero-order valence-corrected chi connectivity index (χ0v) is 19.6. The Morgan fingerprint density at radius 2 is 1.66 bits per heavy atom. The molecule has 10 heteroatoms. The summed E-state index contributed by atoms with van der Waals surface area (Å²) in [6.45, 7) is 5.06. The van der Waals surface area contributed by atoms with Gasteiger partial charge in [-0.25, -0.2) is 0 Å². The molecule has 0 radical (unpaired) electrons. The largest absolute Gasteiger partial charge is 0.475 e. The number of rotatable bonds is 9. The van der Waals surface area contributed by atoms with Gasteiger partial charge in [-0.2, -0.15) is 0 Å². The van der Waals surface area contributed by atoms with Gasteiger partial charge < -0.3 is 25.8 Å². The van der Waals surface area contributed by atoms with Gasteiger partial charge in [-0.3, -0.25) is 9.59 Å². The highest BCUT2D eigenvalue weighted by atomic mass is 35.5. The molecule has 0 heterocycles. The van der Waals surface area contributed by atoms with Gasteiger partial charge >= 0.3 is 7.12 Å². The van der Waals surface area contributed by atoms with Gasteiger partial charge in [-0.1, -0.05) is 67.4 Å². The molecule has 5 N–H and O–H groups in total. The molecule has 7 nitrogen and oxygen atoms in total. The Kier molecular flexibility index (Phi) is 9.55. The molecule has 2 amide bonds. The molecule has 0 aromatic heterocycles. The maximum absolute atomic E-state index is 13.0. The monoisotopic (exact) mass is 480 g/mol. The molecule has 0 aliphatic carbocycles. The van der Waals surface area contributed by atoms with Crippen molar-refractivity contribution in [1.29, 1.82) is 0 Å². The first-order valence-corrected chi connectivity index (χ1v) is 11.0. The van der Waals surface area contributed by atoms with Gasteiger partial charge in [-0.15, -0.1) is 0 Å². The summed E-state index contributed by atoms with van der Waals surface area (Å²) in [5, 5.41) is 34.6. The molecule has 172 valence electrons. The minimum Gasteiger partial charge on any atom is -0.426 e. The van der Waals surface area contributed by atoms with E-state index in [0.717, 1.165) is 5.56 Å². The number of aliphatic hydroxyl groups is 1. The lowest BCUT2D eigenvalue weighted by atomic mass is 9.75. The lowest BCUT2D eigenvalue weighted by molar-refractivity contribution is -0.125. The normalized spacial score (nSPS) is 13.9. The second-order valence-electron chi connectivity index (χ2n) is 8.03. The Labute approximate surface area is 197 Å². The van der Waals surface area contributed by atoms with Gasteiger partial charge in [-0.05, 0) is 37.0 Å². The summed E-state index contributed by atoms with van der Waals surface area (Å²) in [5.41, 5.74) is 1.34. The van der Waals surface area contributed by atoms with Crippen LogP contribution in [0.15, 0.2) is 42.5 Å². The van der Waals surface area contributed by atoms with Gasteiger partial charge in [0, 0.05) is 10.6 Å². The van der Waals surface area contributed by atoms with Crippen molar-refractivity contribution in [3.8, 4) is 11.1 Å². The molecule has 2 aromatic carbocycles. The second-order valence-corrected chi connectivity index (χ2v) is 8.85. The van der Waals surface area contributed by atoms with E-state index in [-0.39, 0.29) is 21.5 Å². The van der Waals surface area contributed by atoms with E-state index in [1.54, 1.807) is 6.07 Å². The standard InChI is InChI=1S/C22H27BCl2N2O5/c1-12(2)9-18(23(31)32)26-22(30)20(13(3)28)27-21(29)17-11-15(24)10-16(19(17)25)14-7-5-4-6-8-14/h4-8,10-13,18,20,28,31-32H,9H2,1-3H3,(H,26,30)(H,27,29)/t13-,18+,20+/m1/s1. The van der Waals surface area contributed by atoms with E-state index in [1.807, 2.05) is 44.2 Å². The first kappa shape index (κ1) is 26.2. The Hall–Kier alpha value is -2.10. The van der Waals surface area contributed by atoms with Crippen LogP contribution in [-0.2, 0) is 4.79 Å². The summed E-state index contributed by atoms with van der Waals surface area (Å²) in [4.78, 5) is 25.7. The molecule has 0 aliphatic heterocycles. The predicted octanol–water partition coefficient (Wildman–Crippen LogP) is 2.68. The SMILES string of the molecule is CC(C)C[C@H](NC(=O)[C@@H](NC(=O)c1cc(Cl)cc(-c2ccccc2)c1Cl)[C@@H](C)O)B(O)O. The van der Waals surface area contributed by atoms with E-state index in [4.69, 9.17) is 23.2 Å². The number of hydrogen-bond acceptors (Lipinski definition) is 5. The third-order valence-corrected chi connectivity index (χ3v) is 5.46. The summed E-state index contributed by atoms with van der Waals surface area (Å²) in [7, 11) is -1.79. The fourth-order valence-electron chi connectivity index (χ4n) is 3.24. The van der Waals surface area contributed by atoms with Gasteiger partial charge in [0.1, 0.15) is 6.04 Å². The summed E-state index contributed by atoms with van der Waals surface area (Å²) in [6, 6.07) is 10.8. The van der Waals surface area contributed by atoms with E-state index in [1.165, 1.54) is 13.0 Å². The molecule has 2 rings (SSSR count). The van der Waals surface area contributed by atoms with Crippen molar-refractivity contribution in [3.05, 3.63) is 58.1 Å². The molecule has 0 fully saturated rings. The van der Waals surface area contributed by atoms with Crippen molar-refractivity contribution >= 4 is 42.1 Å². The third-order valence-electron chi connectivity index (χ3n) is 4.83. The minimum atomic E-state index is -1.79. The third kappa shape index (κ3) is 6.95. The fraction of sp³-hybridized carbons (Fsp3) is 0.364. The number of aliphatic hydroxyl groups excluding tert-OH is 1. The van der Waals surface area contributed by atoms with E-state index in [9.17, 15) is 24.7 Å². The smallest absolute Gasteiger partial charge is 0.426 e. The van der Waals surface area contributed by atoms with Crippen LogP contribution >= 0.6 is 23.2 Å². The fourth-order valence-corrected chi connectivity index (χ4v) is 3.76. The van der Waals surface area contributed by atoms with Crippen LogP contribution < -0.4 is 10.6 Å². The van der Waals surface area contributed by atoms with Crippen LogP contribution in [0.4, 0.5) is 0 Å². The van der Waals surface area contributed by atoms with Gasteiger partial charge in [0.25, 0.3) is 5.91 Å². The van der Waals surface area contributed by atoms with Crippen molar-refractivity contribution in [1.82, 2.24) is 10.6 Å². The molecule has 0 saturated heterocycles. The number of nitrogens with one attached hydrogen (secondary N) is 2. The van der Waals surface area contributed by atoms with Crippen molar-refractivity contribution in [2.24, 2.45) is 5.92 Å². The average Bonchev–Trinajstić information content (AvgIpc) is 2.72. The van der Waals surface area contributed by atoms with Crippen LogP contribution in [0.2, 0.25) is 10.0 Å². The van der Waals surface area contributed by atoms with E-state index >= 15 is 0 Å². The van der Waals surface area contributed by atoms with E-state index in [2.05, 4.69) is 10.6 Å².